The second kappa shape index (κ2) is 8.75. The number of fused-ring (bicyclic) bond motifs is 1. The molecule has 0 saturated carbocycles. The third-order valence-corrected chi connectivity index (χ3v) is 6.76. The van der Waals surface area contributed by atoms with Gasteiger partial charge in [0.15, 0.2) is 0 Å². The number of amides is 1. The molecular formula is C21H22N4OS2. The van der Waals surface area contributed by atoms with E-state index in [1.807, 2.05) is 40.6 Å². The summed E-state index contributed by atoms with van der Waals surface area (Å²) in [5.41, 5.74) is 0. The van der Waals surface area contributed by atoms with Crippen LogP contribution in [0.4, 0.5) is 5.82 Å². The third kappa shape index (κ3) is 4.20. The van der Waals surface area contributed by atoms with Crippen molar-refractivity contribution in [1.82, 2.24) is 14.9 Å². The Morgan fingerprint density at radius 2 is 1.96 bits per heavy atom. The first-order chi connectivity index (χ1) is 13.7. The minimum Gasteiger partial charge on any atom is -0.352 e. The normalized spacial score (nSPS) is 14.9. The van der Waals surface area contributed by atoms with Gasteiger partial charge in [-0.25, -0.2) is 9.97 Å². The number of carbonyl (C=O) groups excluding carboxylic acids is 1. The zero-order valence-corrected chi connectivity index (χ0v) is 17.4. The molecular weight excluding hydrogens is 388 g/mol. The lowest BCUT2D eigenvalue weighted by atomic mass is 10.2. The highest BCUT2D eigenvalue weighted by molar-refractivity contribution is 8.02. The smallest absolute Gasteiger partial charge is 0.247 e. The number of carbonyl (C=O) groups is 1. The second-order valence-corrected chi connectivity index (χ2v) is 8.62. The summed E-state index contributed by atoms with van der Waals surface area (Å²) in [4.78, 5) is 29.1. The van der Waals surface area contributed by atoms with E-state index < -0.39 is 0 Å². The molecule has 144 valence electrons. The molecule has 5 nitrogen and oxygen atoms in total. The van der Waals surface area contributed by atoms with Crippen LogP contribution in [0.2, 0.25) is 0 Å². The molecule has 1 aromatic carbocycles. The highest BCUT2D eigenvalue weighted by Gasteiger charge is 2.22. The monoisotopic (exact) mass is 410 g/mol. The van der Waals surface area contributed by atoms with Crippen LogP contribution in [0.25, 0.3) is 10.2 Å². The summed E-state index contributed by atoms with van der Waals surface area (Å²) in [7, 11) is 0. The van der Waals surface area contributed by atoms with Gasteiger partial charge in [0.25, 0.3) is 0 Å². The Morgan fingerprint density at radius 1 is 1.18 bits per heavy atom. The molecule has 7 heteroatoms. The van der Waals surface area contributed by atoms with Gasteiger partial charge in [-0.2, -0.15) is 0 Å². The summed E-state index contributed by atoms with van der Waals surface area (Å²) in [6.45, 7) is 5.14. The first-order valence-corrected chi connectivity index (χ1v) is 11.1. The predicted molar refractivity (Wildman–Crippen MR) is 117 cm³/mol. The Morgan fingerprint density at radius 3 is 2.71 bits per heavy atom. The number of hydrogen-bond donors (Lipinski definition) is 0. The fraction of sp³-hybridized carbons (Fsp3) is 0.286. The van der Waals surface area contributed by atoms with E-state index in [9.17, 15) is 4.79 Å². The van der Waals surface area contributed by atoms with Gasteiger partial charge in [-0.1, -0.05) is 36.9 Å². The zero-order chi connectivity index (χ0) is 19.3. The molecule has 0 spiro atoms. The fourth-order valence-corrected chi connectivity index (χ4v) is 4.82. The van der Waals surface area contributed by atoms with Gasteiger partial charge in [-0.3, -0.25) is 4.79 Å². The molecule has 1 aliphatic rings. The van der Waals surface area contributed by atoms with Crippen LogP contribution in [-0.2, 0) is 11.2 Å². The maximum absolute atomic E-state index is 12.5. The van der Waals surface area contributed by atoms with Gasteiger partial charge < -0.3 is 9.80 Å². The molecule has 3 aromatic rings. The first kappa shape index (κ1) is 19.0. The molecule has 0 N–H and O–H groups in total. The van der Waals surface area contributed by atoms with Crippen LogP contribution in [0.15, 0.2) is 59.1 Å². The molecule has 3 heterocycles. The van der Waals surface area contributed by atoms with Gasteiger partial charge >= 0.3 is 0 Å². The summed E-state index contributed by atoms with van der Waals surface area (Å²) >= 11 is 3.30. The van der Waals surface area contributed by atoms with Gasteiger partial charge in [-0.15, -0.1) is 11.3 Å². The molecule has 1 amide bonds. The van der Waals surface area contributed by atoms with E-state index in [1.165, 1.54) is 4.88 Å². The van der Waals surface area contributed by atoms with Crippen LogP contribution < -0.4 is 4.90 Å². The predicted octanol–water partition coefficient (Wildman–Crippen LogP) is 4.21. The number of hydrogen-bond acceptors (Lipinski definition) is 6. The van der Waals surface area contributed by atoms with Crippen LogP contribution in [-0.4, -0.2) is 47.0 Å². The van der Waals surface area contributed by atoms with Gasteiger partial charge in [0.1, 0.15) is 17.0 Å². The van der Waals surface area contributed by atoms with Crippen molar-refractivity contribution in [2.24, 2.45) is 0 Å². The quantitative estimate of drug-likeness (QED) is 0.466. The van der Waals surface area contributed by atoms with Crippen molar-refractivity contribution in [2.75, 3.05) is 31.1 Å². The fourth-order valence-electron chi connectivity index (χ4n) is 3.23. The molecule has 1 fully saturated rings. The number of anilines is 1. The number of rotatable bonds is 5. The maximum Gasteiger partial charge on any atom is 0.247 e. The van der Waals surface area contributed by atoms with E-state index >= 15 is 0 Å². The number of aromatic nitrogens is 2. The topological polar surface area (TPSA) is 49.3 Å². The van der Waals surface area contributed by atoms with Crippen LogP contribution in [0, 0.1) is 0 Å². The van der Waals surface area contributed by atoms with Crippen LogP contribution in [0.3, 0.4) is 0 Å². The summed E-state index contributed by atoms with van der Waals surface area (Å²) in [5, 5.41) is 3.00. The molecule has 28 heavy (non-hydrogen) atoms. The lowest BCUT2D eigenvalue weighted by Gasteiger charge is -2.35. The minimum absolute atomic E-state index is 0.0692. The highest BCUT2D eigenvalue weighted by atomic mass is 32.2. The zero-order valence-electron chi connectivity index (χ0n) is 15.7. The van der Waals surface area contributed by atoms with Crippen molar-refractivity contribution in [3.63, 3.8) is 0 Å². The first-order valence-electron chi connectivity index (χ1n) is 9.40. The molecule has 2 aromatic heterocycles. The van der Waals surface area contributed by atoms with Crippen molar-refractivity contribution in [1.29, 1.82) is 0 Å². The number of aryl methyl sites for hydroxylation is 1. The summed E-state index contributed by atoms with van der Waals surface area (Å²) in [6, 6.07) is 12.3. The standard InChI is InChI=1S/C21H22N4OS2/c1-2-16-14-18-20(22-15-23-21(18)28-16)25-11-9-24(10-12-25)19(26)8-13-27-17-6-4-3-5-7-17/h3-8,13-15H,2,9-12H2,1H3. The van der Waals surface area contributed by atoms with Crippen LogP contribution >= 0.6 is 23.1 Å². The maximum atomic E-state index is 12.5. The van der Waals surface area contributed by atoms with E-state index in [0.29, 0.717) is 13.1 Å². The SMILES string of the molecule is CCc1cc2c(N3CCN(C(=O)C=CSc4ccccc4)CC3)ncnc2s1. The summed E-state index contributed by atoms with van der Waals surface area (Å²) in [5.74, 6) is 1.06. The Hall–Kier alpha value is -2.38. The molecule has 0 aliphatic carbocycles. The summed E-state index contributed by atoms with van der Waals surface area (Å²) < 4.78 is 0. The Kier molecular flexibility index (Phi) is 5.92. The third-order valence-electron chi connectivity index (χ3n) is 4.76. The second-order valence-electron chi connectivity index (χ2n) is 6.53. The molecule has 0 bridgehead atoms. The molecule has 1 saturated heterocycles. The highest BCUT2D eigenvalue weighted by Crippen LogP contribution is 2.31. The Labute approximate surface area is 173 Å². The Balaban J connectivity index is 1.37. The average Bonchev–Trinajstić information content (AvgIpc) is 3.18. The van der Waals surface area contributed by atoms with Crippen LogP contribution in [0.5, 0.6) is 0 Å². The number of piperazine rings is 1. The number of thiophene rings is 1. The van der Waals surface area contributed by atoms with Crippen molar-refractivity contribution >= 4 is 45.0 Å². The van der Waals surface area contributed by atoms with Gasteiger partial charge in [0, 0.05) is 42.0 Å². The number of nitrogens with zero attached hydrogens (tertiary/aromatic N) is 4. The molecule has 0 unspecified atom stereocenters. The van der Waals surface area contributed by atoms with Crippen molar-refractivity contribution in [2.45, 2.75) is 18.2 Å². The van der Waals surface area contributed by atoms with E-state index in [-0.39, 0.29) is 5.91 Å². The van der Waals surface area contributed by atoms with E-state index in [0.717, 1.165) is 40.4 Å². The van der Waals surface area contributed by atoms with Crippen molar-refractivity contribution < 1.29 is 4.79 Å². The lowest BCUT2D eigenvalue weighted by molar-refractivity contribution is -0.126. The van der Waals surface area contributed by atoms with Crippen LogP contribution in [0.1, 0.15) is 11.8 Å². The molecule has 1 aliphatic heterocycles. The molecule has 0 atom stereocenters. The van der Waals surface area contributed by atoms with Crippen molar-refractivity contribution in [3.8, 4) is 0 Å². The summed E-state index contributed by atoms with van der Waals surface area (Å²) in [6.07, 6.45) is 4.33. The van der Waals surface area contributed by atoms with E-state index in [4.69, 9.17) is 0 Å². The number of benzene rings is 1. The van der Waals surface area contributed by atoms with Gasteiger partial charge in [0.2, 0.25) is 5.91 Å². The average molecular weight is 411 g/mol. The lowest BCUT2D eigenvalue weighted by Crippen LogP contribution is -2.48. The van der Waals surface area contributed by atoms with Gasteiger partial charge in [0.05, 0.1) is 5.39 Å². The molecule has 0 radical (unpaired) electrons. The number of thioether (sulfide) groups is 1. The molecule has 4 rings (SSSR count). The Bertz CT molecular complexity index is 978. The van der Waals surface area contributed by atoms with E-state index in [1.54, 1.807) is 35.5 Å². The van der Waals surface area contributed by atoms with Gasteiger partial charge in [-0.05, 0) is 30.0 Å². The van der Waals surface area contributed by atoms with E-state index in [2.05, 4.69) is 27.9 Å². The minimum atomic E-state index is 0.0692. The largest absolute Gasteiger partial charge is 0.352 e. The van der Waals surface area contributed by atoms with Crippen molar-refractivity contribution in [3.05, 3.63) is 59.1 Å².